The molecule has 0 radical (unpaired) electrons. The quantitative estimate of drug-likeness (QED) is 0.511. The molecule has 0 N–H and O–H groups in total. The Morgan fingerprint density at radius 2 is 1.83 bits per heavy atom. The van der Waals surface area contributed by atoms with E-state index in [2.05, 4.69) is 44.2 Å². The van der Waals surface area contributed by atoms with Gasteiger partial charge in [-0.05, 0) is 66.9 Å². The van der Waals surface area contributed by atoms with E-state index in [0.717, 1.165) is 35.6 Å². The number of halogens is 1. The second-order valence-electron chi connectivity index (χ2n) is 7.21. The number of unbranched alkanes of at least 4 members (excludes halogenated alkanes) is 1. The molecule has 0 nitrogen and oxygen atoms in total. The molecule has 0 spiro atoms. The summed E-state index contributed by atoms with van der Waals surface area (Å²) in [5.74, 6) is 1.10. The minimum absolute atomic E-state index is 0.0140. The van der Waals surface area contributed by atoms with Crippen LogP contribution in [0.3, 0.4) is 0 Å². The minimum Gasteiger partial charge on any atom is -0.206 e. The topological polar surface area (TPSA) is 0 Å². The summed E-state index contributed by atoms with van der Waals surface area (Å²) in [7, 11) is 0. The summed E-state index contributed by atoms with van der Waals surface area (Å²) in [6, 6.07) is 10.3. The lowest BCUT2D eigenvalue weighted by molar-refractivity contribution is 0.368. The van der Waals surface area contributed by atoms with Crippen LogP contribution >= 0.6 is 0 Å². The molecule has 2 aromatic rings. The van der Waals surface area contributed by atoms with Crippen molar-refractivity contribution < 1.29 is 4.39 Å². The lowest BCUT2D eigenvalue weighted by Crippen LogP contribution is -2.13. The highest BCUT2D eigenvalue weighted by Crippen LogP contribution is 2.39. The summed E-state index contributed by atoms with van der Waals surface area (Å²) in [5, 5.41) is 1.82. The van der Waals surface area contributed by atoms with Crippen molar-refractivity contribution in [2.45, 2.75) is 64.7 Å². The Morgan fingerprint density at radius 1 is 1.04 bits per heavy atom. The summed E-state index contributed by atoms with van der Waals surface area (Å²) < 4.78 is 15.0. The summed E-state index contributed by atoms with van der Waals surface area (Å²) >= 11 is 0. The van der Waals surface area contributed by atoms with Gasteiger partial charge in [-0.2, -0.15) is 0 Å². The van der Waals surface area contributed by atoms with Gasteiger partial charge in [-0.3, -0.25) is 0 Å². The van der Waals surface area contributed by atoms with E-state index in [1.54, 1.807) is 0 Å². The van der Waals surface area contributed by atoms with Gasteiger partial charge in [0, 0.05) is 5.39 Å². The SMILES string of the molecule is CCC/C=C/C1CCC(c2ccc3cc(CC)ccc3c2F)CC1. The fourth-order valence-electron chi connectivity index (χ4n) is 3.97. The van der Waals surface area contributed by atoms with E-state index in [9.17, 15) is 0 Å². The first-order chi connectivity index (χ1) is 11.7. The molecule has 3 rings (SSSR count). The highest BCUT2D eigenvalue weighted by Gasteiger charge is 2.23. The predicted molar refractivity (Wildman–Crippen MR) is 102 cm³/mol. The molecule has 0 bridgehead atoms. The fraction of sp³-hybridized carbons (Fsp3) is 0.478. The van der Waals surface area contributed by atoms with Crippen molar-refractivity contribution in [1.29, 1.82) is 0 Å². The van der Waals surface area contributed by atoms with E-state index >= 15 is 4.39 Å². The molecule has 0 aliphatic heterocycles. The third-order valence-corrected chi connectivity index (χ3v) is 5.53. The molecule has 2 aromatic carbocycles. The van der Waals surface area contributed by atoms with E-state index in [0.29, 0.717) is 11.8 Å². The zero-order valence-electron chi connectivity index (χ0n) is 15.0. The van der Waals surface area contributed by atoms with E-state index in [4.69, 9.17) is 0 Å². The number of hydrogen-bond donors (Lipinski definition) is 0. The molecule has 0 aromatic heterocycles. The summed E-state index contributed by atoms with van der Waals surface area (Å²) in [6.07, 6.45) is 12.7. The molecule has 0 heterocycles. The van der Waals surface area contributed by atoms with Crippen molar-refractivity contribution in [3.8, 4) is 0 Å². The van der Waals surface area contributed by atoms with Gasteiger partial charge in [0.2, 0.25) is 0 Å². The van der Waals surface area contributed by atoms with Crippen LogP contribution < -0.4 is 0 Å². The minimum atomic E-state index is 0.0140. The lowest BCUT2D eigenvalue weighted by Gasteiger charge is -2.27. The molecule has 24 heavy (non-hydrogen) atoms. The first-order valence-corrected chi connectivity index (χ1v) is 9.60. The third kappa shape index (κ3) is 3.71. The molecule has 1 heteroatoms. The van der Waals surface area contributed by atoms with Crippen LogP contribution in [-0.2, 0) is 6.42 Å². The number of benzene rings is 2. The van der Waals surface area contributed by atoms with E-state index in [1.165, 1.54) is 31.2 Å². The predicted octanol–water partition coefficient (Wildman–Crippen LogP) is 7.17. The average molecular weight is 324 g/mol. The number of fused-ring (bicyclic) bond motifs is 1. The Bertz CT molecular complexity index is 705. The van der Waals surface area contributed by atoms with Crippen LogP contribution in [0.1, 0.15) is 69.4 Å². The highest BCUT2D eigenvalue weighted by atomic mass is 19.1. The Labute approximate surface area is 145 Å². The first-order valence-electron chi connectivity index (χ1n) is 9.60. The molecule has 1 aliphatic rings. The molecule has 0 saturated heterocycles. The Balaban J connectivity index is 1.75. The zero-order chi connectivity index (χ0) is 16.9. The number of rotatable bonds is 5. The summed E-state index contributed by atoms with van der Waals surface area (Å²) in [6.45, 7) is 4.35. The number of aryl methyl sites for hydroxylation is 1. The highest BCUT2D eigenvalue weighted by molar-refractivity contribution is 5.84. The van der Waals surface area contributed by atoms with Crippen molar-refractivity contribution in [3.05, 3.63) is 59.4 Å². The number of allylic oxidation sites excluding steroid dienone is 2. The van der Waals surface area contributed by atoms with Gasteiger partial charge in [0.05, 0.1) is 0 Å². The van der Waals surface area contributed by atoms with Crippen molar-refractivity contribution in [3.63, 3.8) is 0 Å². The van der Waals surface area contributed by atoms with Crippen LogP contribution in [0.5, 0.6) is 0 Å². The van der Waals surface area contributed by atoms with Gasteiger partial charge < -0.3 is 0 Å². The van der Waals surface area contributed by atoms with Gasteiger partial charge in [-0.25, -0.2) is 4.39 Å². The number of hydrogen-bond acceptors (Lipinski definition) is 0. The van der Waals surface area contributed by atoms with Gasteiger partial charge in [0.15, 0.2) is 0 Å². The molecule has 0 atom stereocenters. The summed E-state index contributed by atoms with van der Waals surface area (Å²) in [4.78, 5) is 0. The molecule has 0 amide bonds. The van der Waals surface area contributed by atoms with Crippen LogP contribution in [0.2, 0.25) is 0 Å². The van der Waals surface area contributed by atoms with Gasteiger partial charge in [0.25, 0.3) is 0 Å². The monoisotopic (exact) mass is 324 g/mol. The van der Waals surface area contributed by atoms with Gasteiger partial charge in [0.1, 0.15) is 5.82 Å². The van der Waals surface area contributed by atoms with Crippen molar-refractivity contribution >= 4 is 10.8 Å². The van der Waals surface area contributed by atoms with Crippen LogP contribution in [0.4, 0.5) is 4.39 Å². The van der Waals surface area contributed by atoms with Crippen LogP contribution in [0.25, 0.3) is 10.8 Å². The molecular weight excluding hydrogens is 295 g/mol. The average Bonchev–Trinajstić information content (AvgIpc) is 2.63. The van der Waals surface area contributed by atoms with E-state index < -0.39 is 0 Å². The second-order valence-corrected chi connectivity index (χ2v) is 7.21. The Kier molecular flexibility index (Phi) is 5.71. The molecule has 1 saturated carbocycles. The largest absolute Gasteiger partial charge is 0.206 e. The third-order valence-electron chi connectivity index (χ3n) is 5.53. The van der Waals surface area contributed by atoms with Crippen molar-refractivity contribution in [1.82, 2.24) is 0 Å². The van der Waals surface area contributed by atoms with Crippen LogP contribution in [-0.4, -0.2) is 0 Å². The van der Waals surface area contributed by atoms with Crippen molar-refractivity contribution in [2.75, 3.05) is 0 Å². The smallest absolute Gasteiger partial charge is 0.134 e. The Morgan fingerprint density at radius 3 is 2.54 bits per heavy atom. The van der Waals surface area contributed by atoms with Gasteiger partial charge in [-0.15, -0.1) is 0 Å². The van der Waals surface area contributed by atoms with Gasteiger partial charge in [-0.1, -0.05) is 62.8 Å². The maximum absolute atomic E-state index is 15.0. The van der Waals surface area contributed by atoms with E-state index in [1.807, 2.05) is 12.1 Å². The zero-order valence-corrected chi connectivity index (χ0v) is 15.0. The normalized spacial score (nSPS) is 21.6. The standard InChI is InChI=1S/C23H29F/c1-3-5-6-7-18-8-11-19(12-9-18)21-15-13-20-16-17(4-2)10-14-22(20)23(21)24/h6-7,10,13-16,18-19H,3-5,8-9,11-12H2,1-2H3/b7-6+. The molecule has 1 aliphatic carbocycles. The first kappa shape index (κ1) is 17.2. The molecule has 128 valence electrons. The maximum Gasteiger partial charge on any atom is 0.134 e. The maximum atomic E-state index is 15.0. The molecular formula is C23H29F. The van der Waals surface area contributed by atoms with Crippen LogP contribution in [0.15, 0.2) is 42.5 Å². The van der Waals surface area contributed by atoms with Gasteiger partial charge >= 0.3 is 0 Å². The second kappa shape index (κ2) is 7.96. The van der Waals surface area contributed by atoms with Crippen LogP contribution in [0, 0.1) is 11.7 Å². The van der Waals surface area contributed by atoms with Crippen molar-refractivity contribution in [2.24, 2.45) is 5.92 Å². The fourth-order valence-corrected chi connectivity index (χ4v) is 3.97. The molecule has 1 fully saturated rings. The Hall–Kier alpha value is -1.63. The lowest BCUT2D eigenvalue weighted by atomic mass is 9.78. The molecule has 0 unspecified atom stereocenters. The van der Waals surface area contributed by atoms with E-state index in [-0.39, 0.29) is 5.82 Å². The summed E-state index contributed by atoms with van der Waals surface area (Å²) in [5.41, 5.74) is 2.21.